The Morgan fingerprint density at radius 1 is 1.06 bits per heavy atom. The molecule has 1 unspecified atom stereocenters. The van der Waals surface area contributed by atoms with Gasteiger partial charge in [-0.05, 0) is 29.8 Å². The molecule has 0 fully saturated rings. The SMILES string of the molecule is FC(F)(F)c1ccc(C(Br)c2ccc(Cl)s2)cc1. The Labute approximate surface area is 120 Å². The van der Waals surface area contributed by atoms with Crippen molar-refractivity contribution < 1.29 is 13.2 Å². The van der Waals surface area contributed by atoms with Gasteiger partial charge in [0.25, 0.3) is 0 Å². The van der Waals surface area contributed by atoms with E-state index in [4.69, 9.17) is 11.6 Å². The number of halogens is 5. The summed E-state index contributed by atoms with van der Waals surface area (Å²) < 4.78 is 37.9. The number of hydrogen-bond acceptors (Lipinski definition) is 1. The smallest absolute Gasteiger partial charge is 0.166 e. The van der Waals surface area contributed by atoms with Crippen LogP contribution in [0.1, 0.15) is 20.8 Å². The standard InChI is InChI=1S/C12H7BrClF3S/c13-11(9-5-6-10(14)18-9)7-1-3-8(4-2-7)12(15,16)17/h1-6,11H. The maximum absolute atomic E-state index is 12.4. The molecular weight excluding hydrogens is 349 g/mol. The van der Waals surface area contributed by atoms with Gasteiger partial charge in [-0.3, -0.25) is 0 Å². The molecule has 0 saturated carbocycles. The van der Waals surface area contributed by atoms with E-state index in [-0.39, 0.29) is 4.83 Å². The summed E-state index contributed by atoms with van der Waals surface area (Å²) in [6.45, 7) is 0. The Bertz CT molecular complexity index is 533. The van der Waals surface area contributed by atoms with E-state index < -0.39 is 11.7 Å². The minimum atomic E-state index is -4.30. The predicted molar refractivity (Wildman–Crippen MR) is 71.5 cm³/mol. The van der Waals surface area contributed by atoms with Gasteiger partial charge < -0.3 is 0 Å². The van der Waals surface area contributed by atoms with Crippen molar-refractivity contribution >= 4 is 38.9 Å². The molecule has 0 radical (unpaired) electrons. The number of hydrogen-bond donors (Lipinski definition) is 0. The number of rotatable bonds is 2. The zero-order valence-corrected chi connectivity index (χ0v) is 12.0. The van der Waals surface area contributed by atoms with E-state index in [1.165, 1.54) is 23.5 Å². The maximum Gasteiger partial charge on any atom is 0.416 e. The minimum Gasteiger partial charge on any atom is -0.166 e. The van der Waals surface area contributed by atoms with Crippen LogP contribution in [0.2, 0.25) is 4.34 Å². The monoisotopic (exact) mass is 354 g/mol. The molecule has 0 spiro atoms. The highest BCUT2D eigenvalue weighted by atomic mass is 79.9. The third-order valence-electron chi connectivity index (χ3n) is 2.37. The van der Waals surface area contributed by atoms with E-state index >= 15 is 0 Å². The molecule has 0 amide bonds. The molecule has 0 saturated heterocycles. The van der Waals surface area contributed by atoms with Gasteiger partial charge in [-0.2, -0.15) is 13.2 Å². The van der Waals surface area contributed by atoms with Crippen molar-refractivity contribution in [1.82, 2.24) is 0 Å². The summed E-state index contributed by atoms with van der Waals surface area (Å²) in [5, 5.41) is 0. The molecule has 0 N–H and O–H groups in total. The first kappa shape index (κ1) is 13.9. The highest BCUT2D eigenvalue weighted by Gasteiger charge is 2.30. The average molecular weight is 356 g/mol. The van der Waals surface area contributed by atoms with Crippen LogP contribution in [0.5, 0.6) is 0 Å². The Morgan fingerprint density at radius 3 is 2.11 bits per heavy atom. The number of benzene rings is 1. The molecule has 18 heavy (non-hydrogen) atoms. The third kappa shape index (κ3) is 3.08. The van der Waals surface area contributed by atoms with Crippen LogP contribution in [0.25, 0.3) is 0 Å². The van der Waals surface area contributed by atoms with Crippen LogP contribution in [0.15, 0.2) is 36.4 Å². The Hall–Kier alpha value is -0.520. The molecule has 1 aromatic carbocycles. The van der Waals surface area contributed by atoms with Crippen LogP contribution in [0, 0.1) is 0 Å². The molecule has 1 heterocycles. The van der Waals surface area contributed by atoms with Gasteiger partial charge in [0.05, 0.1) is 14.7 Å². The second kappa shape index (κ2) is 5.23. The van der Waals surface area contributed by atoms with E-state index in [0.29, 0.717) is 4.34 Å². The van der Waals surface area contributed by atoms with Crippen molar-refractivity contribution in [3.63, 3.8) is 0 Å². The Morgan fingerprint density at radius 2 is 1.67 bits per heavy atom. The zero-order chi connectivity index (χ0) is 13.3. The molecule has 0 aliphatic carbocycles. The minimum absolute atomic E-state index is 0.141. The quantitative estimate of drug-likeness (QED) is 0.588. The van der Waals surface area contributed by atoms with Gasteiger partial charge in [-0.25, -0.2) is 0 Å². The molecule has 0 aliphatic heterocycles. The van der Waals surface area contributed by atoms with Crippen LogP contribution in [0.4, 0.5) is 13.2 Å². The fourth-order valence-electron chi connectivity index (χ4n) is 1.47. The number of alkyl halides is 4. The summed E-state index contributed by atoms with van der Waals surface area (Å²) in [4.78, 5) is 0.817. The lowest BCUT2D eigenvalue weighted by Gasteiger charge is -2.10. The number of thiophene rings is 1. The van der Waals surface area contributed by atoms with Gasteiger partial charge in [0.15, 0.2) is 0 Å². The van der Waals surface area contributed by atoms with Crippen molar-refractivity contribution in [2.45, 2.75) is 11.0 Å². The van der Waals surface area contributed by atoms with E-state index in [1.807, 2.05) is 6.07 Å². The van der Waals surface area contributed by atoms with Crippen LogP contribution in [0.3, 0.4) is 0 Å². The highest BCUT2D eigenvalue weighted by Crippen LogP contribution is 2.38. The third-order valence-corrected chi connectivity index (χ3v) is 5.00. The first-order valence-electron chi connectivity index (χ1n) is 4.94. The van der Waals surface area contributed by atoms with E-state index in [1.54, 1.807) is 6.07 Å². The molecule has 1 aromatic heterocycles. The first-order chi connectivity index (χ1) is 8.38. The summed E-state index contributed by atoms with van der Waals surface area (Å²) in [5.41, 5.74) is 0.122. The zero-order valence-electron chi connectivity index (χ0n) is 8.84. The first-order valence-corrected chi connectivity index (χ1v) is 7.05. The van der Waals surface area contributed by atoms with Crippen molar-refractivity contribution in [2.24, 2.45) is 0 Å². The predicted octanol–water partition coefficient (Wildman–Crippen LogP) is 5.90. The Kier molecular flexibility index (Phi) is 4.04. The van der Waals surface area contributed by atoms with Crippen molar-refractivity contribution in [2.75, 3.05) is 0 Å². The molecule has 2 aromatic rings. The van der Waals surface area contributed by atoms with Crippen LogP contribution < -0.4 is 0 Å². The second-order valence-electron chi connectivity index (χ2n) is 3.62. The van der Waals surface area contributed by atoms with Gasteiger partial charge >= 0.3 is 6.18 Å². The summed E-state index contributed by atoms with van der Waals surface area (Å²) in [7, 11) is 0. The van der Waals surface area contributed by atoms with E-state index in [0.717, 1.165) is 22.6 Å². The molecule has 1 atom stereocenters. The van der Waals surface area contributed by atoms with Crippen molar-refractivity contribution in [3.05, 3.63) is 56.7 Å². The van der Waals surface area contributed by atoms with Crippen LogP contribution in [-0.2, 0) is 6.18 Å². The van der Waals surface area contributed by atoms with Gasteiger partial charge in [-0.15, -0.1) is 11.3 Å². The lowest BCUT2D eigenvalue weighted by molar-refractivity contribution is -0.137. The molecule has 2 rings (SSSR count). The fraction of sp³-hybridized carbons (Fsp3) is 0.167. The van der Waals surface area contributed by atoms with E-state index in [2.05, 4.69) is 15.9 Å². The lowest BCUT2D eigenvalue weighted by atomic mass is 10.1. The normalized spacial score (nSPS) is 13.6. The summed E-state index contributed by atoms with van der Waals surface area (Å²) >= 11 is 10.7. The van der Waals surface area contributed by atoms with Crippen molar-refractivity contribution in [3.8, 4) is 0 Å². The average Bonchev–Trinajstić information content (AvgIpc) is 2.74. The van der Waals surface area contributed by atoms with Crippen LogP contribution in [-0.4, -0.2) is 0 Å². The molecular formula is C12H7BrClF3S. The topological polar surface area (TPSA) is 0 Å². The molecule has 6 heteroatoms. The van der Waals surface area contributed by atoms with Crippen molar-refractivity contribution in [1.29, 1.82) is 0 Å². The summed E-state index contributed by atoms with van der Waals surface area (Å²) in [6.07, 6.45) is -4.30. The largest absolute Gasteiger partial charge is 0.416 e. The fourth-order valence-corrected chi connectivity index (χ4v) is 3.28. The van der Waals surface area contributed by atoms with Crippen LogP contribution >= 0.6 is 38.9 Å². The Balaban J connectivity index is 2.24. The maximum atomic E-state index is 12.4. The van der Waals surface area contributed by atoms with Gasteiger partial charge in [0.1, 0.15) is 0 Å². The lowest BCUT2D eigenvalue weighted by Crippen LogP contribution is -2.04. The molecule has 0 bridgehead atoms. The van der Waals surface area contributed by atoms with Gasteiger partial charge in [0, 0.05) is 4.88 Å². The molecule has 96 valence electrons. The molecule has 0 nitrogen and oxygen atoms in total. The van der Waals surface area contributed by atoms with E-state index in [9.17, 15) is 13.2 Å². The second-order valence-corrected chi connectivity index (χ2v) is 6.29. The summed E-state index contributed by atoms with van der Waals surface area (Å²) in [6, 6.07) is 8.72. The van der Waals surface area contributed by atoms with Gasteiger partial charge in [-0.1, -0.05) is 39.7 Å². The summed E-state index contributed by atoms with van der Waals surface area (Å²) in [5.74, 6) is 0. The van der Waals surface area contributed by atoms with Gasteiger partial charge in [0.2, 0.25) is 0 Å². The molecule has 0 aliphatic rings. The highest BCUT2D eigenvalue weighted by molar-refractivity contribution is 9.09.